The second kappa shape index (κ2) is 10.4. The van der Waals surface area contributed by atoms with E-state index in [1.807, 2.05) is 56.5 Å². The van der Waals surface area contributed by atoms with Crippen LogP contribution in [0.4, 0.5) is 10.7 Å². The highest BCUT2D eigenvalue weighted by molar-refractivity contribution is 5.85. The summed E-state index contributed by atoms with van der Waals surface area (Å²) >= 11 is 0. The standard InChI is InChI=1S/C30H34N6O3/c1-6-7-16-35-26-25(32-28(35)34-17-15-23(19-34)31-29(38)39-30(3,4)5)20(2)33-36(27(26)37)18-22-13-10-12-21-11-8-9-14-24(21)22/h8-14,23H,15-19H2,1-5H3,(H,31,38)/t23-/m1/s1. The maximum Gasteiger partial charge on any atom is 0.407 e. The number of fused-ring (bicyclic) bond motifs is 2. The van der Waals surface area contributed by atoms with E-state index in [2.05, 4.69) is 45.4 Å². The van der Waals surface area contributed by atoms with Gasteiger partial charge >= 0.3 is 6.09 Å². The Morgan fingerprint density at radius 2 is 1.95 bits per heavy atom. The molecule has 1 amide bonds. The first kappa shape index (κ1) is 26.3. The Balaban J connectivity index is 1.50. The van der Waals surface area contributed by atoms with Crippen LogP contribution in [-0.2, 0) is 17.8 Å². The summed E-state index contributed by atoms with van der Waals surface area (Å²) in [6.07, 6.45) is 0.306. The molecule has 4 aromatic rings. The Bertz CT molecular complexity index is 1660. The minimum atomic E-state index is -0.564. The van der Waals surface area contributed by atoms with Crippen LogP contribution in [0.2, 0.25) is 0 Å². The predicted octanol–water partition coefficient (Wildman–Crippen LogP) is 4.23. The molecule has 0 bridgehead atoms. The molecule has 3 heterocycles. The van der Waals surface area contributed by atoms with Gasteiger partial charge in [-0.15, -0.1) is 5.92 Å². The lowest BCUT2D eigenvalue weighted by molar-refractivity contribution is 0.0509. The molecule has 0 radical (unpaired) electrons. The minimum absolute atomic E-state index is 0.0902. The molecule has 1 atom stereocenters. The van der Waals surface area contributed by atoms with E-state index in [-0.39, 0.29) is 11.6 Å². The van der Waals surface area contributed by atoms with Crippen LogP contribution in [-0.4, -0.2) is 50.2 Å². The smallest absolute Gasteiger partial charge is 0.407 e. The summed E-state index contributed by atoms with van der Waals surface area (Å²) in [5, 5.41) is 9.83. The van der Waals surface area contributed by atoms with Gasteiger partial charge in [0.05, 0.1) is 24.8 Å². The van der Waals surface area contributed by atoms with Gasteiger partial charge in [0.2, 0.25) is 5.95 Å². The van der Waals surface area contributed by atoms with E-state index in [0.29, 0.717) is 48.9 Å². The lowest BCUT2D eigenvalue weighted by Gasteiger charge is -2.22. The highest BCUT2D eigenvalue weighted by Gasteiger charge is 2.30. The Labute approximate surface area is 227 Å². The van der Waals surface area contributed by atoms with Crippen molar-refractivity contribution in [2.24, 2.45) is 0 Å². The Hall–Kier alpha value is -4.32. The third kappa shape index (κ3) is 5.46. The number of nitrogens with zero attached hydrogens (tertiary/aromatic N) is 5. The number of benzene rings is 2. The maximum atomic E-state index is 13.9. The average Bonchev–Trinajstić information content (AvgIpc) is 3.49. The predicted molar refractivity (Wildman–Crippen MR) is 153 cm³/mol. The summed E-state index contributed by atoms with van der Waals surface area (Å²) < 4.78 is 8.84. The number of aromatic nitrogens is 4. The quantitative estimate of drug-likeness (QED) is 0.391. The van der Waals surface area contributed by atoms with Crippen LogP contribution in [0.5, 0.6) is 0 Å². The molecule has 2 aromatic carbocycles. The number of rotatable bonds is 5. The highest BCUT2D eigenvalue weighted by Crippen LogP contribution is 2.26. The summed E-state index contributed by atoms with van der Waals surface area (Å²) in [6, 6.07) is 14.1. The molecule has 1 N–H and O–H groups in total. The number of alkyl carbamates (subject to hydrolysis) is 1. The molecule has 1 saturated heterocycles. The number of carbonyl (C=O) groups is 1. The zero-order chi connectivity index (χ0) is 27.7. The average molecular weight is 527 g/mol. The molecule has 0 saturated carbocycles. The normalized spacial score (nSPS) is 15.4. The molecule has 1 aliphatic heterocycles. The van der Waals surface area contributed by atoms with Crippen LogP contribution in [0.25, 0.3) is 21.8 Å². The van der Waals surface area contributed by atoms with Gasteiger partial charge in [0.1, 0.15) is 16.6 Å². The molecule has 5 rings (SSSR count). The third-order valence-electron chi connectivity index (χ3n) is 6.80. The van der Waals surface area contributed by atoms with Gasteiger partial charge in [-0.05, 0) is 57.4 Å². The lowest BCUT2D eigenvalue weighted by Crippen LogP contribution is -2.40. The van der Waals surface area contributed by atoms with Crippen molar-refractivity contribution in [3.63, 3.8) is 0 Å². The van der Waals surface area contributed by atoms with Gasteiger partial charge in [-0.3, -0.25) is 9.36 Å². The number of ether oxygens (including phenoxy) is 1. The van der Waals surface area contributed by atoms with Crippen molar-refractivity contribution in [3.05, 3.63) is 64.1 Å². The van der Waals surface area contributed by atoms with E-state index in [0.717, 1.165) is 22.8 Å². The Morgan fingerprint density at radius 1 is 1.18 bits per heavy atom. The van der Waals surface area contributed by atoms with Crippen molar-refractivity contribution in [2.75, 3.05) is 18.0 Å². The molecular formula is C30H34N6O3. The molecule has 0 unspecified atom stereocenters. The van der Waals surface area contributed by atoms with E-state index in [1.165, 1.54) is 4.68 Å². The second-order valence-corrected chi connectivity index (χ2v) is 10.9. The van der Waals surface area contributed by atoms with E-state index < -0.39 is 11.7 Å². The molecular weight excluding hydrogens is 492 g/mol. The molecule has 0 aliphatic carbocycles. The van der Waals surface area contributed by atoms with Crippen LogP contribution >= 0.6 is 0 Å². The van der Waals surface area contributed by atoms with Gasteiger partial charge in [-0.1, -0.05) is 48.4 Å². The molecule has 202 valence electrons. The van der Waals surface area contributed by atoms with Crippen LogP contribution < -0.4 is 15.8 Å². The highest BCUT2D eigenvalue weighted by atomic mass is 16.6. The second-order valence-electron chi connectivity index (χ2n) is 10.9. The van der Waals surface area contributed by atoms with Gasteiger partial charge in [-0.25, -0.2) is 14.5 Å². The van der Waals surface area contributed by atoms with Gasteiger partial charge < -0.3 is 15.0 Å². The Morgan fingerprint density at radius 3 is 2.72 bits per heavy atom. The lowest BCUT2D eigenvalue weighted by atomic mass is 10.0. The number of aryl methyl sites for hydroxylation is 1. The molecule has 2 aromatic heterocycles. The number of amides is 1. The van der Waals surface area contributed by atoms with Crippen molar-refractivity contribution in [3.8, 4) is 11.8 Å². The van der Waals surface area contributed by atoms with Crippen molar-refractivity contribution < 1.29 is 9.53 Å². The maximum absolute atomic E-state index is 13.9. The van der Waals surface area contributed by atoms with Crippen LogP contribution in [0, 0.1) is 18.8 Å². The molecule has 0 spiro atoms. The summed E-state index contributed by atoms with van der Waals surface area (Å²) in [5.74, 6) is 6.70. The van der Waals surface area contributed by atoms with Gasteiger partial charge in [-0.2, -0.15) is 5.10 Å². The molecule has 9 heteroatoms. The van der Waals surface area contributed by atoms with Crippen LogP contribution in [0.3, 0.4) is 0 Å². The molecule has 1 aliphatic rings. The zero-order valence-electron chi connectivity index (χ0n) is 23.1. The van der Waals surface area contributed by atoms with E-state index in [9.17, 15) is 9.59 Å². The molecule has 9 nitrogen and oxygen atoms in total. The minimum Gasteiger partial charge on any atom is -0.444 e. The SMILES string of the molecule is CC#CCn1c(N2CC[C@@H](NC(=O)OC(C)(C)C)C2)nc2c(C)nn(Cc3cccc4ccccc34)c(=O)c21. The zero-order valence-corrected chi connectivity index (χ0v) is 23.1. The first-order valence-corrected chi connectivity index (χ1v) is 13.2. The van der Waals surface area contributed by atoms with E-state index in [1.54, 1.807) is 6.92 Å². The summed E-state index contributed by atoms with van der Waals surface area (Å²) in [6.45, 7) is 11.1. The number of nitrogens with one attached hydrogen (secondary N) is 1. The van der Waals surface area contributed by atoms with Gasteiger partial charge in [0.15, 0.2) is 0 Å². The fourth-order valence-corrected chi connectivity index (χ4v) is 5.09. The van der Waals surface area contributed by atoms with Crippen LogP contribution in [0.1, 0.15) is 45.4 Å². The van der Waals surface area contributed by atoms with Crippen molar-refractivity contribution in [1.29, 1.82) is 0 Å². The fraction of sp³-hybridized carbons (Fsp3) is 0.400. The first-order valence-electron chi connectivity index (χ1n) is 13.2. The fourth-order valence-electron chi connectivity index (χ4n) is 5.09. The number of imidazole rings is 1. The van der Waals surface area contributed by atoms with Gasteiger partial charge in [0, 0.05) is 13.1 Å². The van der Waals surface area contributed by atoms with Crippen molar-refractivity contribution in [2.45, 2.75) is 65.8 Å². The third-order valence-corrected chi connectivity index (χ3v) is 6.80. The topological polar surface area (TPSA) is 94.3 Å². The molecule has 39 heavy (non-hydrogen) atoms. The number of anilines is 1. The first-order chi connectivity index (χ1) is 18.6. The van der Waals surface area contributed by atoms with Crippen LogP contribution in [0.15, 0.2) is 47.3 Å². The largest absolute Gasteiger partial charge is 0.444 e. The van der Waals surface area contributed by atoms with Gasteiger partial charge in [0.25, 0.3) is 5.56 Å². The summed E-state index contributed by atoms with van der Waals surface area (Å²) in [4.78, 5) is 33.2. The van der Waals surface area contributed by atoms with Crippen molar-refractivity contribution in [1.82, 2.24) is 24.6 Å². The molecule has 1 fully saturated rings. The summed E-state index contributed by atoms with van der Waals surface area (Å²) in [7, 11) is 0. The number of carbonyl (C=O) groups excluding carboxylic acids is 1. The summed E-state index contributed by atoms with van der Waals surface area (Å²) in [5.41, 5.74) is 2.00. The monoisotopic (exact) mass is 526 g/mol. The number of hydrogen-bond acceptors (Lipinski definition) is 6. The van der Waals surface area contributed by atoms with E-state index in [4.69, 9.17) is 9.72 Å². The number of hydrogen-bond donors (Lipinski definition) is 1. The Kier molecular flexibility index (Phi) is 7.04. The van der Waals surface area contributed by atoms with Crippen molar-refractivity contribution >= 4 is 33.8 Å². The van der Waals surface area contributed by atoms with E-state index >= 15 is 0 Å².